The molecule has 1 aromatic carbocycles. The summed E-state index contributed by atoms with van der Waals surface area (Å²) in [4.78, 5) is 17.1. The first-order valence-corrected chi connectivity index (χ1v) is 10.2. The number of anilines is 1. The molecule has 1 atom stereocenters. The molecule has 1 fully saturated rings. The normalized spacial score (nSPS) is 15.8. The van der Waals surface area contributed by atoms with Crippen LogP contribution in [0.25, 0.3) is 0 Å². The van der Waals surface area contributed by atoms with Crippen LogP contribution in [0.15, 0.2) is 53.4 Å². The molecule has 2 heterocycles. The van der Waals surface area contributed by atoms with Gasteiger partial charge in [-0.05, 0) is 18.4 Å². The minimum Gasteiger partial charge on any atom is -0.447 e. The fraction of sp³-hybridized carbons (Fsp3) is 0.409. The molecule has 0 spiro atoms. The van der Waals surface area contributed by atoms with Crippen LogP contribution in [0.4, 0.5) is 10.5 Å². The van der Waals surface area contributed by atoms with Crippen LogP contribution in [0, 0.1) is 0 Å². The van der Waals surface area contributed by atoms with Crippen molar-refractivity contribution < 1.29 is 9.21 Å². The molecular formula is C22H27N5O2. The second-order valence-electron chi connectivity index (χ2n) is 7.65. The third kappa shape index (κ3) is 4.85. The van der Waals surface area contributed by atoms with E-state index in [1.807, 2.05) is 43.6 Å². The minimum absolute atomic E-state index is 0.283. The lowest BCUT2D eigenvalue weighted by molar-refractivity contribution is 0.245. The number of hydrogen-bond acceptors (Lipinski definition) is 4. The summed E-state index contributed by atoms with van der Waals surface area (Å²) in [6.45, 7) is 0. The van der Waals surface area contributed by atoms with Gasteiger partial charge in [-0.15, -0.1) is 0 Å². The highest BCUT2D eigenvalue weighted by Crippen LogP contribution is 2.35. The van der Waals surface area contributed by atoms with Crippen LogP contribution in [-0.2, 0) is 13.5 Å². The van der Waals surface area contributed by atoms with Crippen molar-refractivity contribution in [3.63, 3.8) is 0 Å². The van der Waals surface area contributed by atoms with E-state index in [9.17, 15) is 4.79 Å². The highest BCUT2D eigenvalue weighted by atomic mass is 16.3. The first kappa shape index (κ1) is 19.2. The number of oxazole rings is 1. The average Bonchev–Trinajstić information content (AvgIpc) is 3.39. The Kier molecular flexibility index (Phi) is 5.93. The lowest BCUT2D eigenvalue weighted by atomic mass is 9.86. The van der Waals surface area contributed by atoms with Gasteiger partial charge in [0.25, 0.3) is 0 Å². The van der Waals surface area contributed by atoms with Crippen molar-refractivity contribution >= 4 is 11.7 Å². The van der Waals surface area contributed by atoms with Crippen molar-refractivity contribution in [2.75, 3.05) is 5.32 Å². The van der Waals surface area contributed by atoms with Crippen LogP contribution in [0.3, 0.4) is 0 Å². The van der Waals surface area contributed by atoms with Crippen molar-refractivity contribution in [2.24, 2.45) is 7.05 Å². The number of urea groups is 1. The van der Waals surface area contributed by atoms with Gasteiger partial charge < -0.3 is 15.1 Å². The standard InChI is InChI=1S/C22H27N5O2/c1-27-15-19(20(26-27)17-10-6-3-7-11-17)25-22(28)24-18(21-23-12-13-29-21)14-16-8-4-2-5-9-16/h2,4-5,8-9,12-13,15,17-18H,3,6-7,10-11,14H2,1H3,(H2,24,25,28). The molecule has 2 aromatic heterocycles. The van der Waals surface area contributed by atoms with Crippen molar-refractivity contribution in [3.05, 3.63) is 66.1 Å². The van der Waals surface area contributed by atoms with E-state index in [2.05, 4.69) is 20.7 Å². The zero-order valence-corrected chi connectivity index (χ0v) is 16.7. The molecule has 0 radical (unpaired) electrons. The molecule has 0 aliphatic heterocycles. The van der Waals surface area contributed by atoms with Gasteiger partial charge in [0.2, 0.25) is 5.89 Å². The number of carbonyl (C=O) groups is 1. The summed E-state index contributed by atoms with van der Waals surface area (Å²) < 4.78 is 7.24. The lowest BCUT2D eigenvalue weighted by Gasteiger charge is -2.21. The molecule has 1 aliphatic rings. The van der Waals surface area contributed by atoms with E-state index in [-0.39, 0.29) is 12.1 Å². The van der Waals surface area contributed by atoms with Gasteiger partial charge in [0.05, 0.1) is 17.6 Å². The topological polar surface area (TPSA) is 85.0 Å². The Labute approximate surface area is 170 Å². The Morgan fingerprint density at radius 2 is 2.03 bits per heavy atom. The average molecular weight is 393 g/mol. The second-order valence-corrected chi connectivity index (χ2v) is 7.65. The monoisotopic (exact) mass is 393 g/mol. The molecule has 7 heteroatoms. The summed E-state index contributed by atoms with van der Waals surface area (Å²) in [7, 11) is 1.89. The summed E-state index contributed by atoms with van der Waals surface area (Å²) >= 11 is 0. The maximum atomic E-state index is 12.8. The van der Waals surface area contributed by atoms with Crippen molar-refractivity contribution in [2.45, 2.75) is 50.5 Å². The Hall–Kier alpha value is -3.09. The Morgan fingerprint density at radius 1 is 1.24 bits per heavy atom. The van der Waals surface area contributed by atoms with E-state index < -0.39 is 0 Å². The highest BCUT2D eigenvalue weighted by Gasteiger charge is 2.24. The minimum atomic E-state index is -0.359. The summed E-state index contributed by atoms with van der Waals surface area (Å²) in [5.74, 6) is 0.898. The lowest BCUT2D eigenvalue weighted by Crippen LogP contribution is -2.34. The zero-order chi connectivity index (χ0) is 20.1. The van der Waals surface area contributed by atoms with Crippen molar-refractivity contribution in [1.29, 1.82) is 0 Å². The summed E-state index contributed by atoms with van der Waals surface area (Å²) in [6.07, 6.45) is 11.6. The first-order valence-electron chi connectivity index (χ1n) is 10.2. The van der Waals surface area contributed by atoms with Crippen LogP contribution < -0.4 is 10.6 Å². The van der Waals surface area contributed by atoms with Crippen LogP contribution in [0.2, 0.25) is 0 Å². The number of nitrogens with zero attached hydrogens (tertiary/aromatic N) is 3. The molecule has 2 amide bonds. The number of aromatic nitrogens is 3. The number of aryl methyl sites for hydroxylation is 1. The molecule has 152 valence electrons. The fourth-order valence-electron chi connectivity index (χ4n) is 4.05. The van der Waals surface area contributed by atoms with E-state index in [1.165, 1.54) is 25.5 Å². The molecular weight excluding hydrogens is 366 g/mol. The number of amides is 2. The van der Waals surface area contributed by atoms with Crippen molar-refractivity contribution in [1.82, 2.24) is 20.1 Å². The third-order valence-corrected chi connectivity index (χ3v) is 5.43. The molecule has 3 aromatic rings. The van der Waals surface area contributed by atoms with Gasteiger partial charge >= 0.3 is 6.03 Å². The molecule has 2 N–H and O–H groups in total. The summed E-state index contributed by atoms with van der Waals surface area (Å²) in [5, 5.41) is 10.6. The molecule has 29 heavy (non-hydrogen) atoms. The van der Waals surface area contributed by atoms with E-state index in [0.29, 0.717) is 18.2 Å². The Morgan fingerprint density at radius 3 is 2.76 bits per heavy atom. The van der Waals surface area contributed by atoms with Gasteiger partial charge in [-0.25, -0.2) is 9.78 Å². The number of carbonyl (C=O) groups excluding carboxylic acids is 1. The van der Waals surface area contributed by atoms with Crippen LogP contribution in [0.1, 0.15) is 61.2 Å². The van der Waals surface area contributed by atoms with Gasteiger partial charge in [-0.3, -0.25) is 4.68 Å². The van der Waals surface area contributed by atoms with Gasteiger partial charge in [-0.2, -0.15) is 5.10 Å². The maximum absolute atomic E-state index is 12.8. The number of benzene rings is 1. The maximum Gasteiger partial charge on any atom is 0.319 e. The van der Waals surface area contributed by atoms with Gasteiger partial charge in [0.15, 0.2) is 0 Å². The first-order chi connectivity index (χ1) is 14.2. The SMILES string of the molecule is Cn1cc(NC(=O)NC(Cc2ccccc2)c2ncco2)c(C2CCCCC2)n1. The highest BCUT2D eigenvalue weighted by molar-refractivity contribution is 5.90. The number of hydrogen-bond donors (Lipinski definition) is 2. The van der Waals surface area contributed by atoms with Crippen LogP contribution in [0.5, 0.6) is 0 Å². The summed E-state index contributed by atoms with van der Waals surface area (Å²) in [5.41, 5.74) is 2.86. The smallest absolute Gasteiger partial charge is 0.319 e. The predicted molar refractivity (Wildman–Crippen MR) is 111 cm³/mol. The van der Waals surface area contributed by atoms with E-state index in [0.717, 1.165) is 29.8 Å². The fourth-order valence-corrected chi connectivity index (χ4v) is 4.05. The van der Waals surface area contributed by atoms with Crippen molar-refractivity contribution in [3.8, 4) is 0 Å². The Bertz CT molecular complexity index is 914. The molecule has 4 rings (SSSR count). The van der Waals surface area contributed by atoms with Gasteiger partial charge in [0, 0.05) is 25.6 Å². The molecule has 1 unspecified atom stereocenters. The predicted octanol–water partition coefficient (Wildman–Crippen LogP) is 4.56. The number of nitrogens with one attached hydrogen (secondary N) is 2. The second kappa shape index (κ2) is 8.94. The number of rotatable bonds is 6. The van der Waals surface area contributed by atoms with E-state index in [1.54, 1.807) is 10.9 Å². The molecule has 1 saturated carbocycles. The summed E-state index contributed by atoms with van der Waals surface area (Å²) in [6, 6.07) is 9.34. The molecule has 0 bridgehead atoms. The largest absolute Gasteiger partial charge is 0.447 e. The molecule has 1 aliphatic carbocycles. The quantitative estimate of drug-likeness (QED) is 0.643. The van der Waals surface area contributed by atoms with Gasteiger partial charge in [0.1, 0.15) is 12.3 Å². The Balaban J connectivity index is 1.47. The van der Waals surface area contributed by atoms with Gasteiger partial charge in [-0.1, -0.05) is 49.6 Å². The van der Waals surface area contributed by atoms with E-state index in [4.69, 9.17) is 4.42 Å². The van der Waals surface area contributed by atoms with E-state index >= 15 is 0 Å². The zero-order valence-electron chi connectivity index (χ0n) is 16.7. The van der Waals surface area contributed by atoms with Crippen LogP contribution in [-0.4, -0.2) is 20.8 Å². The third-order valence-electron chi connectivity index (χ3n) is 5.43. The molecule has 7 nitrogen and oxygen atoms in total. The van der Waals surface area contributed by atoms with Crippen LogP contribution >= 0.6 is 0 Å². The molecule has 0 saturated heterocycles.